The van der Waals surface area contributed by atoms with E-state index in [0.717, 1.165) is 37.1 Å². The zero-order valence-electron chi connectivity index (χ0n) is 17.6. The van der Waals surface area contributed by atoms with Crippen LogP contribution in [0.3, 0.4) is 0 Å². The fraction of sp³-hybridized carbons (Fsp3) is 0.458. The molecule has 0 aromatic heterocycles. The van der Waals surface area contributed by atoms with Crippen molar-refractivity contribution < 1.29 is 22.7 Å². The van der Waals surface area contributed by atoms with Gasteiger partial charge in [0.25, 0.3) is 5.91 Å². The Hall–Kier alpha value is -2.54. The largest absolute Gasteiger partial charge is 0.573 e. The van der Waals surface area contributed by atoms with E-state index in [4.69, 9.17) is 0 Å². The number of ether oxygens (including phenoxy) is 1. The highest BCUT2D eigenvalue weighted by molar-refractivity contribution is 5.96. The van der Waals surface area contributed by atoms with Crippen LogP contribution in [0.2, 0.25) is 0 Å². The van der Waals surface area contributed by atoms with Crippen LogP contribution in [0.1, 0.15) is 41.6 Å². The van der Waals surface area contributed by atoms with Gasteiger partial charge >= 0.3 is 6.36 Å². The second-order valence-corrected chi connectivity index (χ2v) is 8.37. The van der Waals surface area contributed by atoms with Gasteiger partial charge in [-0.2, -0.15) is 0 Å². The monoisotopic (exact) mass is 432 g/mol. The summed E-state index contributed by atoms with van der Waals surface area (Å²) in [6.07, 6.45) is -0.164. The van der Waals surface area contributed by atoms with Gasteiger partial charge in [-0.1, -0.05) is 24.3 Å². The predicted octanol–water partition coefficient (Wildman–Crippen LogP) is 5.26. The van der Waals surface area contributed by atoms with Crippen molar-refractivity contribution in [3.63, 3.8) is 0 Å². The second-order valence-electron chi connectivity index (χ2n) is 8.37. The Labute approximate surface area is 180 Å². The number of hydrogen-bond acceptors (Lipinski definition) is 3. The molecule has 1 amide bonds. The topological polar surface area (TPSA) is 32.8 Å². The first-order valence-electron chi connectivity index (χ1n) is 10.8. The van der Waals surface area contributed by atoms with Gasteiger partial charge in [0.1, 0.15) is 5.75 Å². The van der Waals surface area contributed by atoms with E-state index in [1.807, 2.05) is 17.9 Å². The van der Waals surface area contributed by atoms with Gasteiger partial charge in [0.2, 0.25) is 0 Å². The summed E-state index contributed by atoms with van der Waals surface area (Å²) in [6.45, 7) is 5.74. The summed E-state index contributed by atoms with van der Waals surface area (Å²) >= 11 is 0. The summed E-state index contributed by atoms with van der Waals surface area (Å²) in [5.74, 6) is -0.234. The average Bonchev–Trinajstić information content (AvgIpc) is 3.27. The molecule has 4 nitrogen and oxygen atoms in total. The molecule has 2 aromatic rings. The van der Waals surface area contributed by atoms with Gasteiger partial charge in [-0.25, -0.2) is 0 Å². The highest BCUT2D eigenvalue weighted by Gasteiger charge is 2.31. The summed E-state index contributed by atoms with van der Waals surface area (Å²) in [5.41, 5.74) is 2.81. The molecule has 2 aliphatic heterocycles. The molecule has 0 atom stereocenters. The number of rotatable bonds is 4. The zero-order chi connectivity index (χ0) is 22.0. The molecule has 7 heteroatoms. The normalized spacial score (nSPS) is 18.4. The van der Waals surface area contributed by atoms with Crippen molar-refractivity contribution in [2.45, 2.75) is 45.0 Å². The van der Waals surface area contributed by atoms with E-state index >= 15 is 0 Å². The number of carbonyl (C=O) groups excluding carboxylic acids is 1. The Morgan fingerprint density at radius 2 is 1.65 bits per heavy atom. The van der Waals surface area contributed by atoms with Crippen LogP contribution < -0.4 is 4.74 Å². The van der Waals surface area contributed by atoms with E-state index in [9.17, 15) is 18.0 Å². The maximum absolute atomic E-state index is 13.1. The molecule has 0 N–H and O–H groups in total. The Morgan fingerprint density at radius 3 is 2.29 bits per heavy atom. The van der Waals surface area contributed by atoms with Crippen LogP contribution in [0.15, 0.2) is 42.5 Å². The van der Waals surface area contributed by atoms with Crippen LogP contribution in [-0.4, -0.2) is 54.3 Å². The molecule has 166 valence electrons. The smallest absolute Gasteiger partial charge is 0.406 e. The molecule has 4 rings (SSSR count). The number of hydrogen-bond donors (Lipinski definition) is 0. The number of carbonyl (C=O) groups is 1. The molecule has 0 aliphatic carbocycles. The van der Waals surface area contributed by atoms with Crippen molar-refractivity contribution >= 4 is 5.91 Å². The fourth-order valence-electron chi connectivity index (χ4n) is 4.67. The molecular formula is C24H27F3N2O2. The van der Waals surface area contributed by atoms with Gasteiger partial charge in [-0.3, -0.25) is 4.79 Å². The molecular weight excluding hydrogens is 405 g/mol. The highest BCUT2D eigenvalue weighted by Crippen LogP contribution is 2.30. The minimum atomic E-state index is -4.73. The molecule has 0 radical (unpaired) electrons. The maximum atomic E-state index is 13.1. The molecule has 2 aliphatic rings. The molecule has 0 bridgehead atoms. The van der Waals surface area contributed by atoms with E-state index in [0.29, 0.717) is 17.2 Å². The van der Waals surface area contributed by atoms with Gasteiger partial charge in [0.05, 0.1) is 0 Å². The molecule has 2 aromatic carbocycles. The summed E-state index contributed by atoms with van der Waals surface area (Å²) in [5, 5.41) is 0. The van der Waals surface area contributed by atoms with Gasteiger partial charge in [-0.15, -0.1) is 13.2 Å². The SMILES string of the molecule is Cc1cc(-c2cccc(OC(F)(F)F)c2)ccc1C(=O)N1CCC(N2CCCC2)CC1. The van der Waals surface area contributed by atoms with Gasteiger partial charge in [0.15, 0.2) is 0 Å². The number of amides is 1. The number of nitrogens with zero attached hydrogens (tertiary/aromatic N) is 2. The quantitative estimate of drug-likeness (QED) is 0.661. The zero-order valence-corrected chi connectivity index (χ0v) is 17.6. The van der Waals surface area contributed by atoms with Crippen LogP contribution >= 0.6 is 0 Å². The first kappa shape index (κ1) is 21.7. The molecule has 2 fully saturated rings. The van der Waals surface area contributed by atoms with E-state index in [1.54, 1.807) is 18.2 Å². The lowest BCUT2D eigenvalue weighted by molar-refractivity contribution is -0.274. The third-order valence-corrected chi connectivity index (χ3v) is 6.27. The van der Waals surface area contributed by atoms with Crippen LogP contribution in [0.25, 0.3) is 11.1 Å². The molecule has 0 saturated carbocycles. The lowest BCUT2D eigenvalue weighted by atomic mass is 9.97. The lowest BCUT2D eigenvalue weighted by Crippen LogP contribution is -2.46. The Bertz CT molecular complexity index is 931. The van der Waals surface area contributed by atoms with Gasteiger partial charge < -0.3 is 14.5 Å². The van der Waals surface area contributed by atoms with Gasteiger partial charge in [0, 0.05) is 24.7 Å². The molecule has 0 spiro atoms. The maximum Gasteiger partial charge on any atom is 0.573 e. The third-order valence-electron chi connectivity index (χ3n) is 6.27. The Morgan fingerprint density at radius 1 is 0.968 bits per heavy atom. The van der Waals surface area contributed by atoms with Crippen molar-refractivity contribution in [3.8, 4) is 16.9 Å². The molecule has 0 unspecified atom stereocenters. The van der Waals surface area contributed by atoms with E-state index in [-0.39, 0.29) is 11.7 Å². The number of halogens is 3. The van der Waals surface area contributed by atoms with E-state index in [2.05, 4.69) is 9.64 Å². The van der Waals surface area contributed by atoms with Crippen molar-refractivity contribution in [1.82, 2.24) is 9.80 Å². The Balaban J connectivity index is 1.44. The number of piperidine rings is 1. The number of likely N-dealkylation sites (tertiary alicyclic amines) is 2. The van der Waals surface area contributed by atoms with Crippen LogP contribution in [0.4, 0.5) is 13.2 Å². The van der Waals surface area contributed by atoms with Crippen LogP contribution in [0, 0.1) is 6.92 Å². The van der Waals surface area contributed by atoms with E-state index in [1.165, 1.54) is 44.1 Å². The first-order valence-corrected chi connectivity index (χ1v) is 10.8. The predicted molar refractivity (Wildman–Crippen MR) is 113 cm³/mol. The Kier molecular flexibility index (Phi) is 6.23. The van der Waals surface area contributed by atoms with Crippen molar-refractivity contribution in [1.29, 1.82) is 0 Å². The summed E-state index contributed by atoms with van der Waals surface area (Å²) < 4.78 is 41.5. The summed E-state index contributed by atoms with van der Waals surface area (Å²) in [7, 11) is 0. The average molecular weight is 432 g/mol. The number of aryl methyl sites for hydroxylation is 1. The van der Waals surface area contributed by atoms with Crippen LogP contribution in [-0.2, 0) is 0 Å². The molecule has 2 saturated heterocycles. The van der Waals surface area contributed by atoms with Crippen molar-refractivity contribution in [2.24, 2.45) is 0 Å². The van der Waals surface area contributed by atoms with E-state index < -0.39 is 6.36 Å². The molecule has 2 heterocycles. The van der Waals surface area contributed by atoms with Crippen LogP contribution in [0.5, 0.6) is 5.75 Å². The highest BCUT2D eigenvalue weighted by atomic mass is 19.4. The third kappa shape index (κ3) is 5.21. The first-order chi connectivity index (χ1) is 14.8. The fourth-order valence-corrected chi connectivity index (χ4v) is 4.67. The standard InChI is InChI=1S/C24H27F3N2O2/c1-17-15-19(18-5-4-6-21(16-18)31-24(25,26)27)7-8-22(17)23(30)29-13-9-20(10-14-29)28-11-2-3-12-28/h4-8,15-16,20H,2-3,9-14H2,1H3. The number of benzene rings is 2. The molecule has 31 heavy (non-hydrogen) atoms. The second kappa shape index (κ2) is 8.91. The minimum absolute atomic E-state index is 0.0260. The van der Waals surface area contributed by atoms with Gasteiger partial charge in [-0.05, 0) is 80.6 Å². The number of alkyl halides is 3. The summed E-state index contributed by atoms with van der Waals surface area (Å²) in [4.78, 5) is 17.6. The summed E-state index contributed by atoms with van der Waals surface area (Å²) in [6, 6.07) is 11.9. The lowest BCUT2D eigenvalue weighted by Gasteiger charge is -2.36. The minimum Gasteiger partial charge on any atom is -0.406 e. The van der Waals surface area contributed by atoms with Crippen molar-refractivity contribution in [2.75, 3.05) is 26.2 Å². The van der Waals surface area contributed by atoms with Crippen molar-refractivity contribution in [3.05, 3.63) is 53.6 Å².